The molecule has 2 rings (SSSR count). The van der Waals surface area contributed by atoms with Gasteiger partial charge in [0.25, 0.3) is 0 Å². The molecule has 0 unspecified atom stereocenters. The van der Waals surface area contributed by atoms with Crippen LogP contribution in [0.1, 0.15) is 144 Å². The summed E-state index contributed by atoms with van der Waals surface area (Å²) in [6, 6.07) is 8.41. The molecule has 234 valence electrons. The normalized spacial score (nSPS) is 14.4. The van der Waals surface area contributed by atoms with Crippen LogP contribution >= 0.6 is 0 Å². The van der Waals surface area contributed by atoms with Crippen LogP contribution in [0.2, 0.25) is 0 Å². The van der Waals surface area contributed by atoms with Crippen LogP contribution in [0.15, 0.2) is 34.3 Å². The molecule has 0 atom stereocenters. The van der Waals surface area contributed by atoms with Gasteiger partial charge in [0.2, 0.25) is 0 Å². The summed E-state index contributed by atoms with van der Waals surface area (Å²) < 4.78 is 0. The standard InChI is InChI=1S/C38H60N2O2/c1-33(2,3)27-17-25(31(41)29(19-27)35(7,8)9)21-39-23-37(13,14)38(15,16)24-40-22-26-18-28(34(4,5)6)20-30(32(26)42)36(10,11)12/h17-22,41-42H,23-24H2,1-16H3. The maximum Gasteiger partial charge on any atom is 0.128 e. The van der Waals surface area contributed by atoms with Crippen LogP contribution in [-0.4, -0.2) is 35.7 Å². The van der Waals surface area contributed by atoms with Crippen molar-refractivity contribution in [2.45, 2.75) is 132 Å². The van der Waals surface area contributed by atoms with E-state index in [0.717, 1.165) is 22.3 Å². The third-order valence-electron chi connectivity index (χ3n) is 8.89. The molecule has 0 heterocycles. The van der Waals surface area contributed by atoms with Crippen molar-refractivity contribution < 1.29 is 10.2 Å². The third kappa shape index (κ3) is 8.48. The molecule has 0 amide bonds. The summed E-state index contributed by atoms with van der Waals surface area (Å²) in [4.78, 5) is 9.73. The molecule has 0 fully saturated rings. The lowest BCUT2D eigenvalue weighted by Crippen LogP contribution is -2.37. The maximum atomic E-state index is 11.2. The van der Waals surface area contributed by atoms with Gasteiger partial charge in [-0.15, -0.1) is 0 Å². The molecule has 0 bridgehead atoms. The van der Waals surface area contributed by atoms with E-state index in [0.29, 0.717) is 24.6 Å². The molecule has 0 saturated carbocycles. The zero-order chi connectivity index (χ0) is 32.7. The first-order valence-electron chi connectivity index (χ1n) is 15.4. The van der Waals surface area contributed by atoms with Crippen LogP contribution in [0.25, 0.3) is 0 Å². The highest BCUT2D eigenvalue weighted by atomic mass is 16.3. The highest BCUT2D eigenvalue weighted by molar-refractivity contribution is 5.85. The molecule has 2 aromatic carbocycles. The van der Waals surface area contributed by atoms with Crippen LogP contribution in [0, 0.1) is 10.8 Å². The Balaban J connectivity index is 2.35. The van der Waals surface area contributed by atoms with Gasteiger partial charge in [-0.25, -0.2) is 0 Å². The van der Waals surface area contributed by atoms with Crippen molar-refractivity contribution in [3.8, 4) is 11.5 Å². The second-order valence-corrected chi connectivity index (χ2v) is 17.6. The Labute approximate surface area is 257 Å². The van der Waals surface area contributed by atoms with Gasteiger partial charge in [0.15, 0.2) is 0 Å². The number of benzene rings is 2. The Bertz CT molecular complexity index is 1210. The van der Waals surface area contributed by atoms with Crippen LogP contribution in [0.4, 0.5) is 0 Å². The van der Waals surface area contributed by atoms with Crippen LogP contribution < -0.4 is 0 Å². The summed E-state index contributed by atoms with van der Waals surface area (Å²) in [6.45, 7) is 36.0. The minimum atomic E-state index is -0.179. The van der Waals surface area contributed by atoms with E-state index < -0.39 is 0 Å². The van der Waals surface area contributed by atoms with Crippen molar-refractivity contribution in [3.05, 3.63) is 57.6 Å². The molecule has 2 N–H and O–H groups in total. The Morgan fingerprint density at radius 1 is 0.476 bits per heavy atom. The lowest BCUT2D eigenvalue weighted by Gasteiger charge is -2.39. The number of hydrogen-bond donors (Lipinski definition) is 2. The largest absolute Gasteiger partial charge is 0.507 e. The van der Waals surface area contributed by atoms with Crippen LogP contribution in [-0.2, 0) is 21.7 Å². The minimum absolute atomic E-state index is 0.0377. The SMILES string of the molecule is CC(C)(C)c1cc(C=NCC(C)(C)C(C)(C)CN=Cc2cc(C(C)(C)C)cc(C(C)(C)C)c2O)c(O)c(C(C)(C)C)c1. The van der Waals surface area contributed by atoms with Crippen LogP contribution in [0.3, 0.4) is 0 Å². The lowest BCUT2D eigenvalue weighted by atomic mass is 9.68. The van der Waals surface area contributed by atoms with E-state index in [4.69, 9.17) is 9.98 Å². The van der Waals surface area contributed by atoms with Gasteiger partial charge in [-0.1, -0.05) is 123 Å². The smallest absolute Gasteiger partial charge is 0.128 e. The topological polar surface area (TPSA) is 65.2 Å². The van der Waals surface area contributed by atoms with Crippen LogP contribution in [0.5, 0.6) is 11.5 Å². The van der Waals surface area contributed by atoms with Gasteiger partial charge < -0.3 is 10.2 Å². The average molecular weight is 577 g/mol. The van der Waals surface area contributed by atoms with Crippen molar-refractivity contribution in [2.24, 2.45) is 20.8 Å². The third-order valence-corrected chi connectivity index (χ3v) is 8.89. The van der Waals surface area contributed by atoms with Gasteiger partial charge in [-0.2, -0.15) is 0 Å². The molecular formula is C38H60N2O2. The average Bonchev–Trinajstić information content (AvgIpc) is 2.77. The van der Waals surface area contributed by atoms with E-state index in [-0.39, 0.29) is 32.5 Å². The lowest BCUT2D eigenvalue weighted by molar-refractivity contribution is 0.130. The molecule has 0 radical (unpaired) electrons. The summed E-state index contributed by atoms with van der Waals surface area (Å²) >= 11 is 0. The zero-order valence-electron chi connectivity index (χ0n) is 29.7. The number of aliphatic imine (C=N–C) groups is 2. The molecule has 0 aliphatic rings. The second-order valence-electron chi connectivity index (χ2n) is 17.6. The summed E-state index contributed by atoms with van der Waals surface area (Å²) in [5, 5.41) is 22.3. The predicted octanol–water partition coefficient (Wildman–Crippen LogP) is 9.88. The summed E-state index contributed by atoms with van der Waals surface area (Å²) in [7, 11) is 0. The van der Waals surface area contributed by atoms with Crippen molar-refractivity contribution >= 4 is 12.4 Å². The molecule has 4 nitrogen and oxygen atoms in total. The van der Waals surface area contributed by atoms with Gasteiger partial charge in [0, 0.05) is 47.8 Å². The number of hydrogen-bond acceptors (Lipinski definition) is 4. The van der Waals surface area contributed by atoms with Gasteiger partial charge in [-0.3, -0.25) is 9.98 Å². The first kappa shape index (κ1) is 35.6. The number of phenolic OH excluding ortho intramolecular Hbond substituents is 2. The molecular weight excluding hydrogens is 516 g/mol. The number of aromatic hydroxyl groups is 2. The first-order valence-corrected chi connectivity index (χ1v) is 15.4. The van der Waals surface area contributed by atoms with E-state index in [1.54, 1.807) is 0 Å². The molecule has 2 aromatic rings. The molecule has 0 saturated heterocycles. The quantitative estimate of drug-likeness (QED) is 0.322. The Morgan fingerprint density at radius 3 is 1.00 bits per heavy atom. The molecule has 0 aromatic heterocycles. The van der Waals surface area contributed by atoms with Gasteiger partial charge in [0.05, 0.1) is 0 Å². The number of nitrogens with zero attached hydrogens (tertiary/aromatic N) is 2. The van der Waals surface area contributed by atoms with E-state index in [9.17, 15) is 10.2 Å². The molecule has 4 heteroatoms. The monoisotopic (exact) mass is 576 g/mol. The minimum Gasteiger partial charge on any atom is -0.507 e. The van der Waals surface area contributed by atoms with E-state index >= 15 is 0 Å². The highest BCUT2D eigenvalue weighted by Crippen LogP contribution is 2.41. The Morgan fingerprint density at radius 2 is 0.762 bits per heavy atom. The fraction of sp³-hybridized carbons (Fsp3) is 0.632. The van der Waals surface area contributed by atoms with Gasteiger partial charge in [-0.05, 0) is 55.7 Å². The highest BCUT2D eigenvalue weighted by Gasteiger charge is 2.36. The summed E-state index contributed by atoms with van der Waals surface area (Å²) in [5.74, 6) is 0.626. The molecule has 0 aliphatic carbocycles. The van der Waals surface area contributed by atoms with E-state index in [2.05, 4.69) is 135 Å². The zero-order valence-corrected chi connectivity index (χ0v) is 29.7. The number of rotatable bonds is 7. The fourth-order valence-electron chi connectivity index (χ4n) is 4.69. The second kappa shape index (κ2) is 11.8. The molecule has 42 heavy (non-hydrogen) atoms. The predicted molar refractivity (Wildman–Crippen MR) is 183 cm³/mol. The van der Waals surface area contributed by atoms with E-state index in [1.165, 1.54) is 11.1 Å². The molecule has 0 spiro atoms. The van der Waals surface area contributed by atoms with Crippen molar-refractivity contribution in [1.29, 1.82) is 0 Å². The number of phenols is 2. The maximum absolute atomic E-state index is 11.2. The molecule has 0 aliphatic heterocycles. The van der Waals surface area contributed by atoms with E-state index in [1.807, 2.05) is 12.4 Å². The Kier molecular flexibility index (Phi) is 10.0. The fourth-order valence-corrected chi connectivity index (χ4v) is 4.69. The summed E-state index contributed by atoms with van der Waals surface area (Å²) in [6.07, 6.45) is 3.68. The van der Waals surface area contributed by atoms with Crippen molar-refractivity contribution in [1.82, 2.24) is 0 Å². The van der Waals surface area contributed by atoms with Crippen molar-refractivity contribution in [3.63, 3.8) is 0 Å². The van der Waals surface area contributed by atoms with Crippen molar-refractivity contribution in [2.75, 3.05) is 13.1 Å². The first-order chi connectivity index (χ1) is 18.7. The Hall–Kier alpha value is -2.62. The van der Waals surface area contributed by atoms with Gasteiger partial charge >= 0.3 is 0 Å². The summed E-state index contributed by atoms with van der Waals surface area (Å²) in [5.41, 5.74) is 5.02. The van der Waals surface area contributed by atoms with Gasteiger partial charge in [0.1, 0.15) is 11.5 Å².